The summed E-state index contributed by atoms with van der Waals surface area (Å²) in [6.07, 6.45) is 3.36. The van der Waals surface area contributed by atoms with Gasteiger partial charge in [-0.2, -0.15) is 0 Å². The second kappa shape index (κ2) is 6.01. The minimum Gasteiger partial charge on any atom is -0.384 e. The number of methoxy groups -OCH3 is 1. The molecule has 0 saturated carbocycles. The highest BCUT2D eigenvalue weighted by Gasteiger charge is 2.20. The first-order valence-electron chi connectivity index (χ1n) is 6.54. The fraction of sp³-hybridized carbons (Fsp3) is 0.533. The molecule has 1 aliphatic heterocycles. The van der Waals surface area contributed by atoms with E-state index in [4.69, 9.17) is 4.74 Å². The van der Waals surface area contributed by atoms with Crippen LogP contribution in [0.2, 0.25) is 0 Å². The molecule has 1 saturated heterocycles. The van der Waals surface area contributed by atoms with Crippen molar-refractivity contribution < 1.29 is 9.53 Å². The fourth-order valence-corrected chi connectivity index (χ4v) is 2.76. The summed E-state index contributed by atoms with van der Waals surface area (Å²) in [6, 6.07) is 5.92. The van der Waals surface area contributed by atoms with E-state index in [0.29, 0.717) is 5.92 Å². The van der Waals surface area contributed by atoms with Crippen molar-refractivity contribution >= 4 is 12.0 Å². The molecule has 1 aromatic rings. The van der Waals surface area contributed by atoms with Crippen LogP contribution in [0.5, 0.6) is 0 Å². The zero-order chi connectivity index (χ0) is 13.0. The predicted octanol–water partition coefficient (Wildman–Crippen LogP) is 2.67. The quantitative estimate of drug-likeness (QED) is 0.766. The molecule has 0 amide bonds. The van der Waals surface area contributed by atoms with Crippen LogP contribution in [0, 0.1) is 12.8 Å². The molecule has 1 fully saturated rings. The smallest absolute Gasteiger partial charge is 0.150 e. The van der Waals surface area contributed by atoms with Gasteiger partial charge in [-0.25, -0.2) is 0 Å². The summed E-state index contributed by atoms with van der Waals surface area (Å²) in [7, 11) is 1.77. The maximum absolute atomic E-state index is 10.8. The molecule has 0 bridgehead atoms. The zero-order valence-electron chi connectivity index (χ0n) is 11.2. The van der Waals surface area contributed by atoms with Crippen LogP contribution in [0.3, 0.4) is 0 Å². The van der Waals surface area contributed by atoms with Crippen LogP contribution in [0.1, 0.15) is 28.8 Å². The third kappa shape index (κ3) is 2.91. The molecule has 0 aromatic heterocycles. The van der Waals surface area contributed by atoms with Crippen LogP contribution in [0.15, 0.2) is 18.2 Å². The number of piperidine rings is 1. The predicted molar refractivity (Wildman–Crippen MR) is 73.4 cm³/mol. The third-order valence-electron chi connectivity index (χ3n) is 3.62. The number of anilines is 1. The van der Waals surface area contributed by atoms with E-state index in [1.54, 1.807) is 7.11 Å². The Hall–Kier alpha value is -1.35. The Kier molecular flexibility index (Phi) is 4.37. The second-order valence-corrected chi connectivity index (χ2v) is 5.07. The molecule has 0 radical (unpaired) electrons. The van der Waals surface area contributed by atoms with Crippen LogP contribution in [-0.4, -0.2) is 33.1 Å². The number of benzene rings is 1. The van der Waals surface area contributed by atoms with Crippen LogP contribution >= 0.6 is 0 Å². The lowest BCUT2D eigenvalue weighted by Gasteiger charge is -2.35. The lowest BCUT2D eigenvalue weighted by molar-refractivity contribution is 0.112. The maximum Gasteiger partial charge on any atom is 0.150 e. The van der Waals surface area contributed by atoms with Gasteiger partial charge in [0.25, 0.3) is 0 Å². The molecule has 2 rings (SSSR count). The lowest BCUT2D eigenvalue weighted by Crippen LogP contribution is -2.37. The summed E-state index contributed by atoms with van der Waals surface area (Å²) in [4.78, 5) is 13.2. The second-order valence-electron chi connectivity index (χ2n) is 5.07. The first kappa shape index (κ1) is 13.1. The van der Waals surface area contributed by atoms with Crippen molar-refractivity contribution in [2.45, 2.75) is 19.8 Å². The van der Waals surface area contributed by atoms with Crippen molar-refractivity contribution in [1.82, 2.24) is 0 Å². The number of ether oxygens (including phenoxy) is 1. The van der Waals surface area contributed by atoms with Gasteiger partial charge in [0.2, 0.25) is 0 Å². The molecular formula is C15H21NO2. The Morgan fingerprint density at radius 2 is 2.33 bits per heavy atom. The van der Waals surface area contributed by atoms with Crippen molar-refractivity contribution in [3.05, 3.63) is 29.3 Å². The lowest BCUT2D eigenvalue weighted by atomic mass is 9.97. The average Bonchev–Trinajstić information content (AvgIpc) is 2.39. The van der Waals surface area contributed by atoms with E-state index in [-0.39, 0.29) is 0 Å². The Morgan fingerprint density at radius 1 is 1.50 bits per heavy atom. The summed E-state index contributed by atoms with van der Waals surface area (Å²) in [5.74, 6) is 0.619. The third-order valence-corrected chi connectivity index (χ3v) is 3.62. The Bertz CT molecular complexity index is 415. The van der Waals surface area contributed by atoms with Gasteiger partial charge in [0, 0.05) is 31.5 Å². The van der Waals surface area contributed by atoms with E-state index < -0.39 is 0 Å². The fourth-order valence-electron chi connectivity index (χ4n) is 2.76. The van der Waals surface area contributed by atoms with Crippen LogP contribution < -0.4 is 4.90 Å². The van der Waals surface area contributed by atoms with Crippen LogP contribution in [0.4, 0.5) is 5.69 Å². The number of aldehydes is 1. The van der Waals surface area contributed by atoms with Gasteiger partial charge in [-0.05, 0) is 49.4 Å². The number of nitrogens with zero attached hydrogens (tertiary/aromatic N) is 1. The van der Waals surface area contributed by atoms with E-state index in [1.807, 2.05) is 12.1 Å². The summed E-state index contributed by atoms with van der Waals surface area (Å²) in [5, 5.41) is 0. The normalized spacial score (nSPS) is 19.9. The molecule has 3 heteroatoms. The van der Waals surface area contributed by atoms with Crippen molar-refractivity contribution in [2.24, 2.45) is 5.92 Å². The molecule has 1 atom stereocenters. The monoisotopic (exact) mass is 247 g/mol. The summed E-state index contributed by atoms with van der Waals surface area (Å²) in [5.41, 5.74) is 3.18. The van der Waals surface area contributed by atoms with Gasteiger partial charge in [0.15, 0.2) is 0 Å². The Balaban J connectivity index is 2.13. The number of hydrogen-bond donors (Lipinski definition) is 0. The Labute approximate surface area is 109 Å². The van der Waals surface area contributed by atoms with Gasteiger partial charge in [-0.1, -0.05) is 0 Å². The standard InChI is InChI=1S/C15H21NO2/c1-12-8-13(10-17)5-6-15(12)16-7-3-4-14(9-16)11-18-2/h5-6,8,10,14H,3-4,7,9,11H2,1-2H3. The largest absolute Gasteiger partial charge is 0.384 e. The first-order chi connectivity index (χ1) is 8.74. The molecule has 0 spiro atoms. The van der Waals surface area contributed by atoms with E-state index in [9.17, 15) is 4.79 Å². The van der Waals surface area contributed by atoms with Gasteiger partial charge in [0.1, 0.15) is 6.29 Å². The van der Waals surface area contributed by atoms with E-state index in [2.05, 4.69) is 17.9 Å². The van der Waals surface area contributed by atoms with Gasteiger partial charge >= 0.3 is 0 Å². The van der Waals surface area contributed by atoms with Crippen LogP contribution in [-0.2, 0) is 4.74 Å². The SMILES string of the molecule is COCC1CCCN(c2ccc(C=O)cc2C)C1. The molecule has 1 unspecified atom stereocenters. The van der Waals surface area contributed by atoms with Crippen molar-refractivity contribution in [1.29, 1.82) is 0 Å². The summed E-state index contributed by atoms with van der Waals surface area (Å²) < 4.78 is 5.26. The van der Waals surface area contributed by atoms with E-state index in [0.717, 1.165) is 31.5 Å². The molecule has 3 nitrogen and oxygen atoms in total. The molecule has 1 heterocycles. The summed E-state index contributed by atoms with van der Waals surface area (Å²) >= 11 is 0. The van der Waals surface area contributed by atoms with E-state index >= 15 is 0 Å². The van der Waals surface area contributed by atoms with Gasteiger partial charge in [0.05, 0.1) is 6.61 Å². The molecule has 98 valence electrons. The van der Waals surface area contributed by atoms with Crippen molar-refractivity contribution in [3.63, 3.8) is 0 Å². The number of rotatable bonds is 4. The highest BCUT2D eigenvalue weighted by atomic mass is 16.5. The van der Waals surface area contributed by atoms with Gasteiger partial charge in [-0.15, -0.1) is 0 Å². The topological polar surface area (TPSA) is 29.5 Å². The van der Waals surface area contributed by atoms with Crippen molar-refractivity contribution in [3.8, 4) is 0 Å². The minimum atomic E-state index is 0.619. The molecule has 18 heavy (non-hydrogen) atoms. The van der Waals surface area contributed by atoms with Crippen molar-refractivity contribution in [2.75, 3.05) is 31.7 Å². The molecule has 0 N–H and O–H groups in total. The average molecular weight is 247 g/mol. The highest BCUT2D eigenvalue weighted by Crippen LogP contribution is 2.26. The number of hydrogen-bond acceptors (Lipinski definition) is 3. The molecular weight excluding hydrogens is 226 g/mol. The number of carbonyl (C=O) groups is 1. The Morgan fingerprint density at radius 3 is 3.00 bits per heavy atom. The number of aryl methyl sites for hydroxylation is 1. The zero-order valence-corrected chi connectivity index (χ0v) is 11.2. The summed E-state index contributed by atoms with van der Waals surface area (Å²) in [6.45, 7) is 5.06. The maximum atomic E-state index is 10.8. The molecule has 0 aliphatic carbocycles. The van der Waals surface area contributed by atoms with Gasteiger partial charge < -0.3 is 9.64 Å². The molecule has 1 aromatic carbocycles. The first-order valence-corrected chi connectivity index (χ1v) is 6.54. The highest BCUT2D eigenvalue weighted by molar-refractivity contribution is 5.77. The number of carbonyl (C=O) groups excluding carboxylic acids is 1. The minimum absolute atomic E-state index is 0.619. The van der Waals surface area contributed by atoms with E-state index in [1.165, 1.54) is 24.1 Å². The molecule has 1 aliphatic rings. The van der Waals surface area contributed by atoms with Gasteiger partial charge in [-0.3, -0.25) is 4.79 Å². The van der Waals surface area contributed by atoms with Crippen LogP contribution in [0.25, 0.3) is 0 Å².